The van der Waals surface area contributed by atoms with Crippen LogP contribution >= 0.6 is 24.0 Å². The molecular formula is C16H35IN4O2. The van der Waals surface area contributed by atoms with E-state index in [1.807, 2.05) is 7.05 Å². The molecule has 0 aromatic carbocycles. The van der Waals surface area contributed by atoms with Crippen LogP contribution in [0.2, 0.25) is 0 Å². The van der Waals surface area contributed by atoms with Crippen molar-refractivity contribution in [2.24, 2.45) is 10.9 Å². The predicted octanol–water partition coefficient (Wildman–Crippen LogP) is 1.55. The maximum atomic E-state index is 5.75. The summed E-state index contributed by atoms with van der Waals surface area (Å²) >= 11 is 0. The molecule has 6 nitrogen and oxygen atoms in total. The first-order valence-corrected chi connectivity index (χ1v) is 8.47. The minimum Gasteiger partial charge on any atom is -0.381 e. The number of rotatable bonds is 10. The second-order valence-electron chi connectivity index (χ2n) is 6.07. The fraction of sp³-hybridized carbons (Fsp3) is 0.938. The molecule has 7 heteroatoms. The predicted molar refractivity (Wildman–Crippen MR) is 107 cm³/mol. The lowest BCUT2D eigenvalue weighted by Gasteiger charge is -2.21. The first-order chi connectivity index (χ1) is 10.7. The van der Waals surface area contributed by atoms with Crippen LogP contribution in [-0.4, -0.2) is 78.1 Å². The molecule has 0 saturated carbocycles. The molecule has 1 aliphatic heterocycles. The van der Waals surface area contributed by atoms with Gasteiger partial charge in [-0.2, -0.15) is 0 Å². The molecule has 0 spiro atoms. The summed E-state index contributed by atoms with van der Waals surface area (Å²) in [6.07, 6.45) is 4.40. The number of halogens is 1. The Morgan fingerprint density at radius 1 is 1.17 bits per heavy atom. The standard InChI is InChI=1S/C16H34N4O2.HI/c1-17-16(18-8-4-10-20(2)3)19-9-5-11-22-14-15-6-12-21-13-7-15;/h15H,4-14H2,1-3H3,(H2,17,18,19);1H. The SMILES string of the molecule is CN=C(NCCCOCC1CCOCC1)NCCCN(C)C.I. The Morgan fingerprint density at radius 3 is 2.43 bits per heavy atom. The van der Waals surface area contributed by atoms with Crippen molar-refractivity contribution in [3.8, 4) is 0 Å². The Morgan fingerprint density at radius 2 is 1.83 bits per heavy atom. The summed E-state index contributed by atoms with van der Waals surface area (Å²) < 4.78 is 11.1. The van der Waals surface area contributed by atoms with Gasteiger partial charge in [-0.05, 0) is 52.2 Å². The molecule has 138 valence electrons. The van der Waals surface area contributed by atoms with E-state index in [9.17, 15) is 0 Å². The van der Waals surface area contributed by atoms with Crippen LogP contribution in [0.5, 0.6) is 0 Å². The molecule has 1 saturated heterocycles. The Labute approximate surface area is 158 Å². The van der Waals surface area contributed by atoms with Gasteiger partial charge in [-0.1, -0.05) is 0 Å². The second kappa shape index (κ2) is 15.4. The molecule has 0 amide bonds. The lowest BCUT2D eigenvalue weighted by Crippen LogP contribution is -2.39. The quantitative estimate of drug-likeness (QED) is 0.233. The molecule has 0 bridgehead atoms. The average Bonchev–Trinajstić information content (AvgIpc) is 2.53. The van der Waals surface area contributed by atoms with Gasteiger partial charge in [0.25, 0.3) is 0 Å². The van der Waals surface area contributed by atoms with E-state index in [0.717, 1.165) is 77.7 Å². The minimum absolute atomic E-state index is 0. The molecule has 0 aromatic rings. The second-order valence-corrected chi connectivity index (χ2v) is 6.07. The molecular weight excluding hydrogens is 407 g/mol. The maximum Gasteiger partial charge on any atom is 0.190 e. The molecule has 0 radical (unpaired) electrons. The first kappa shape index (κ1) is 22.9. The summed E-state index contributed by atoms with van der Waals surface area (Å²) in [6.45, 7) is 6.39. The fourth-order valence-electron chi connectivity index (χ4n) is 2.37. The minimum atomic E-state index is 0. The fourth-order valence-corrected chi connectivity index (χ4v) is 2.37. The van der Waals surface area contributed by atoms with E-state index in [0.29, 0.717) is 5.92 Å². The van der Waals surface area contributed by atoms with Gasteiger partial charge in [0.1, 0.15) is 0 Å². The van der Waals surface area contributed by atoms with Gasteiger partial charge < -0.3 is 25.0 Å². The third-order valence-electron chi connectivity index (χ3n) is 3.75. The van der Waals surface area contributed by atoms with Crippen LogP contribution in [0.25, 0.3) is 0 Å². The van der Waals surface area contributed by atoms with Gasteiger partial charge in [0.05, 0.1) is 0 Å². The van der Waals surface area contributed by atoms with Crippen LogP contribution in [0.3, 0.4) is 0 Å². The molecule has 0 aromatic heterocycles. The van der Waals surface area contributed by atoms with Crippen LogP contribution in [0, 0.1) is 5.92 Å². The molecule has 0 atom stereocenters. The third kappa shape index (κ3) is 12.9. The van der Waals surface area contributed by atoms with E-state index >= 15 is 0 Å². The van der Waals surface area contributed by atoms with Crippen LogP contribution in [0.1, 0.15) is 25.7 Å². The average molecular weight is 442 g/mol. The number of guanidine groups is 1. The Kier molecular flexibility index (Phi) is 15.3. The van der Waals surface area contributed by atoms with E-state index in [2.05, 4.69) is 34.6 Å². The van der Waals surface area contributed by atoms with Gasteiger partial charge in [-0.25, -0.2) is 0 Å². The molecule has 1 aliphatic rings. The maximum absolute atomic E-state index is 5.75. The Balaban J connectivity index is 0.00000484. The van der Waals surface area contributed by atoms with Gasteiger partial charge in [-0.15, -0.1) is 24.0 Å². The Bertz CT molecular complexity index is 298. The third-order valence-corrected chi connectivity index (χ3v) is 3.75. The monoisotopic (exact) mass is 442 g/mol. The summed E-state index contributed by atoms with van der Waals surface area (Å²) in [5, 5.41) is 6.65. The summed E-state index contributed by atoms with van der Waals surface area (Å²) in [4.78, 5) is 6.41. The highest BCUT2D eigenvalue weighted by atomic mass is 127. The van der Waals surface area contributed by atoms with E-state index in [1.54, 1.807) is 0 Å². The summed E-state index contributed by atoms with van der Waals surface area (Å²) in [5.74, 6) is 1.57. The normalized spacial score (nSPS) is 16.3. The summed E-state index contributed by atoms with van der Waals surface area (Å²) in [7, 11) is 5.99. The molecule has 0 unspecified atom stereocenters. The van der Waals surface area contributed by atoms with Gasteiger partial charge in [0, 0.05) is 46.6 Å². The van der Waals surface area contributed by atoms with Crippen molar-refractivity contribution < 1.29 is 9.47 Å². The number of ether oxygens (including phenoxy) is 2. The van der Waals surface area contributed by atoms with Crippen molar-refractivity contribution in [3.05, 3.63) is 0 Å². The van der Waals surface area contributed by atoms with E-state index in [1.165, 1.54) is 0 Å². The van der Waals surface area contributed by atoms with Crippen LogP contribution < -0.4 is 10.6 Å². The summed E-state index contributed by atoms with van der Waals surface area (Å²) in [5.41, 5.74) is 0. The van der Waals surface area contributed by atoms with Crippen molar-refractivity contribution >= 4 is 29.9 Å². The number of nitrogens with zero attached hydrogens (tertiary/aromatic N) is 2. The largest absolute Gasteiger partial charge is 0.381 e. The van der Waals surface area contributed by atoms with Crippen molar-refractivity contribution in [1.29, 1.82) is 0 Å². The summed E-state index contributed by atoms with van der Waals surface area (Å²) in [6, 6.07) is 0. The lowest BCUT2D eigenvalue weighted by atomic mass is 10.0. The number of aliphatic imine (C=N–C) groups is 1. The first-order valence-electron chi connectivity index (χ1n) is 8.47. The van der Waals surface area contributed by atoms with Crippen molar-refractivity contribution in [2.45, 2.75) is 25.7 Å². The Hall–Kier alpha value is -0.120. The molecule has 1 heterocycles. The van der Waals surface area contributed by atoms with E-state index in [-0.39, 0.29) is 24.0 Å². The van der Waals surface area contributed by atoms with Crippen LogP contribution in [0.4, 0.5) is 0 Å². The van der Waals surface area contributed by atoms with Crippen LogP contribution in [-0.2, 0) is 9.47 Å². The molecule has 1 fully saturated rings. The number of nitrogens with one attached hydrogen (secondary N) is 2. The highest BCUT2D eigenvalue weighted by Gasteiger charge is 2.13. The van der Waals surface area contributed by atoms with Crippen molar-refractivity contribution in [2.75, 3.05) is 67.2 Å². The lowest BCUT2D eigenvalue weighted by molar-refractivity contribution is 0.0203. The topological polar surface area (TPSA) is 58.1 Å². The smallest absolute Gasteiger partial charge is 0.190 e. The van der Waals surface area contributed by atoms with Gasteiger partial charge in [-0.3, -0.25) is 4.99 Å². The van der Waals surface area contributed by atoms with Crippen molar-refractivity contribution in [1.82, 2.24) is 15.5 Å². The number of hydrogen-bond donors (Lipinski definition) is 2. The molecule has 0 aliphatic carbocycles. The highest BCUT2D eigenvalue weighted by Crippen LogP contribution is 2.14. The van der Waals surface area contributed by atoms with Crippen LogP contribution in [0.15, 0.2) is 4.99 Å². The van der Waals surface area contributed by atoms with E-state index < -0.39 is 0 Å². The van der Waals surface area contributed by atoms with Crippen molar-refractivity contribution in [3.63, 3.8) is 0 Å². The molecule has 1 rings (SSSR count). The highest BCUT2D eigenvalue weighted by molar-refractivity contribution is 14.0. The van der Waals surface area contributed by atoms with Gasteiger partial charge >= 0.3 is 0 Å². The zero-order valence-corrected chi connectivity index (χ0v) is 17.3. The molecule has 2 N–H and O–H groups in total. The van der Waals surface area contributed by atoms with Gasteiger partial charge in [0.2, 0.25) is 0 Å². The molecule has 23 heavy (non-hydrogen) atoms. The number of hydrogen-bond acceptors (Lipinski definition) is 4. The zero-order valence-electron chi connectivity index (χ0n) is 15.0. The van der Waals surface area contributed by atoms with E-state index in [4.69, 9.17) is 9.47 Å². The van der Waals surface area contributed by atoms with Gasteiger partial charge in [0.15, 0.2) is 5.96 Å². The zero-order chi connectivity index (χ0) is 16.0.